The van der Waals surface area contributed by atoms with Gasteiger partial charge < -0.3 is 15.4 Å². The molecule has 0 aliphatic heterocycles. The molecule has 154 valence electrons. The molecule has 1 aromatic carbocycles. The minimum absolute atomic E-state index is 0.0427. The fourth-order valence-corrected chi connectivity index (χ4v) is 4.83. The second kappa shape index (κ2) is 9.90. The smallest absolute Gasteiger partial charge is 0.252 e. The van der Waals surface area contributed by atoms with Gasteiger partial charge >= 0.3 is 0 Å². The first-order valence-corrected chi connectivity index (χ1v) is 11.2. The molecule has 0 fully saturated rings. The summed E-state index contributed by atoms with van der Waals surface area (Å²) in [4.78, 5) is 5.11. The number of aryl methyl sites for hydroxylation is 1. The van der Waals surface area contributed by atoms with Gasteiger partial charge in [0.15, 0.2) is 5.96 Å². The second-order valence-corrected chi connectivity index (χ2v) is 10.1. The molecule has 1 unspecified atom stereocenters. The molecule has 1 heterocycles. The Bertz CT molecular complexity index is 907. The molecular formula is C19H28N4O3S2. The van der Waals surface area contributed by atoms with Crippen LogP contribution in [0.2, 0.25) is 0 Å². The zero-order valence-corrected chi connectivity index (χ0v) is 18.5. The third-order valence-corrected chi connectivity index (χ3v) is 7.28. The largest absolute Gasteiger partial charge is 0.489 e. The van der Waals surface area contributed by atoms with E-state index in [1.165, 1.54) is 29.7 Å². The third kappa shape index (κ3) is 6.22. The van der Waals surface area contributed by atoms with Gasteiger partial charge in [-0.15, -0.1) is 11.3 Å². The summed E-state index contributed by atoms with van der Waals surface area (Å²) in [6.07, 6.45) is -0.0427. The van der Waals surface area contributed by atoms with Gasteiger partial charge in [-0.25, -0.2) is 12.7 Å². The summed E-state index contributed by atoms with van der Waals surface area (Å²) in [5.74, 6) is 1.47. The van der Waals surface area contributed by atoms with Crippen molar-refractivity contribution in [1.82, 2.24) is 14.9 Å². The number of benzene rings is 1. The van der Waals surface area contributed by atoms with Crippen molar-refractivity contribution in [2.24, 2.45) is 4.99 Å². The Balaban J connectivity index is 1.84. The zero-order chi connectivity index (χ0) is 20.7. The highest BCUT2D eigenvalue weighted by atomic mass is 32.2. The van der Waals surface area contributed by atoms with Crippen LogP contribution in [0.5, 0.6) is 5.75 Å². The molecule has 1 aromatic heterocycles. The van der Waals surface area contributed by atoms with Gasteiger partial charge in [-0.1, -0.05) is 12.1 Å². The highest BCUT2D eigenvalue weighted by molar-refractivity contribution is 7.91. The van der Waals surface area contributed by atoms with E-state index in [-0.39, 0.29) is 6.10 Å². The van der Waals surface area contributed by atoms with Crippen LogP contribution in [0.4, 0.5) is 0 Å². The average molecular weight is 425 g/mol. The summed E-state index contributed by atoms with van der Waals surface area (Å²) >= 11 is 1.25. The molecule has 0 aliphatic carbocycles. The Morgan fingerprint density at radius 2 is 2.00 bits per heavy atom. The average Bonchev–Trinajstić information content (AvgIpc) is 3.11. The number of sulfonamides is 1. The minimum atomic E-state index is -3.39. The van der Waals surface area contributed by atoms with Gasteiger partial charge in [0.2, 0.25) is 0 Å². The predicted octanol–water partition coefficient (Wildman–Crippen LogP) is 2.44. The van der Waals surface area contributed by atoms with Crippen LogP contribution >= 0.6 is 11.3 Å². The molecule has 7 nitrogen and oxygen atoms in total. The molecular weight excluding hydrogens is 396 g/mol. The number of hydrogen-bond donors (Lipinski definition) is 2. The lowest BCUT2D eigenvalue weighted by Crippen LogP contribution is -2.41. The van der Waals surface area contributed by atoms with E-state index in [1.807, 2.05) is 44.2 Å². The van der Waals surface area contributed by atoms with Gasteiger partial charge in [-0.2, -0.15) is 0 Å². The molecule has 0 saturated carbocycles. The molecule has 28 heavy (non-hydrogen) atoms. The Labute approximate surface area is 171 Å². The lowest BCUT2D eigenvalue weighted by atomic mass is 10.2. The maximum atomic E-state index is 12.2. The first-order valence-electron chi connectivity index (χ1n) is 8.91. The van der Waals surface area contributed by atoms with E-state index in [1.54, 1.807) is 13.1 Å². The Morgan fingerprint density at radius 1 is 1.25 bits per heavy atom. The highest BCUT2D eigenvalue weighted by Crippen LogP contribution is 2.23. The maximum absolute atomic E-state index is 12.2. The number of rotatable bonds is 8. The molecule has 0 saturated heterocycles. The van der Waals surface area contributed by atoms with Crippen molar-refractivity contribution in [3.63, 3.8) is 0 Å². The van der Waals surface area contributed by atoms with Crippen molar-refractivity contribution in [3.8, 4) is 5.75 Å². The summed E-state index contributed by atoms with van der Waals surface area (Å²) < 4.78 is 31.8. The molecule has 0 aliphatic rings. The van der Waals surface area contributed by atoms with Crippen molar-refractivity contribution in [2.75, 3.05) is 27.7 Å². The summed E-state index contributed by atoms with van der Waals surface area (Å²) in [5.41, 5.74) is 1.15. The number of nitrogens with one attached hydrogen (secondary N) is 2. The van der Waals surface area contributed by atoms with Crippen LogP contribution in [-0.2, 0) is 16.6 Å². The van der Waals surface area contributed by atoms with Crippen molar-refractivity contribution in [3.05, 3.63) is 46.8 Å². The molecule has 2 rings (SSSR count). The van der Waals surface area contributed by atoms with Gasteiger partial charge in [-0.3, -0.25) is 4.99 Å². The van der Waals surface area contributed by atoms with Crippen molar-refractivity contribution >= 4 is 27.3 Å². The molecule has 2 aromatic rings. The Kier molecular flexibility index (Phi) is 7.85. The molecule has 0 bridgehead atoms. The first-order chi connectivity index (χ1) is 13.2. The second-order valence-electron chi connectivity index (χ2n) is 6.56. The first kappa shape index (κ1) is 22.2. The topological polar surface area (TPSA) is 83.0 Å². The summed E-state index contributed by atoms with van der Waals surface area (Å²) in [5, 5.41) is 6.41. The SMILES string of the molecule is CN=C(NCc1ccc(S(=O)(=O)N(C)C)s1)NCC(C)Oc1cccc(C)c1. The van der Waals surface area contributed by atoms with E-state index in [2.05, 4.69) is 15.6 Å². The normalized spacial score (nSPS) is 13.4. The van der Waals surface area contributed by atoms with E-state index in [4.69, 9.17) is 4.74 Å². The minimum Gasteiger partial charge on any atom is -0.489 e. The highest BCUT2D eigenvalue weighted by Gasteiger charge is 2.19. The quantitative estimate of drug-likeness (QED) is 0.502. The van der Waals surface area contributed by atoms with Crippen LogP contribution in [-0.4, -0.2) is 52.5 Å². The zero-order valence-electron chi connectivity index (χ0n) is 16.9. The lowest BCUT2D eigenvalue weighted by Gasteiger charge is -2.18. The molecule has 9 heteroatoms. The molecule has 2 N–H and O–H groups in total. The third-order valence-electron chi connectivity index (χ3n) is 3.91. The standard InChI is InChI=1S/C19H28N4O3S2/c1-14-7-6-8-16(11-14)26-15(2)12-21-19(20-3)22-13-17-9-10-18(27-17)28(24,25)23(4)5/h6-11,15H,12-13H2,1-5H3,(H2,20,21,22). The number of thiophene rings is 1. The van der Waals surface area contributed by atoms with E-state index in [0.717, 1.165) is 16.2 Å². The van der Waals surface area contributed by atoms with Crippen LogP contribution in [0.15, 0.2) is 45.6 Å². The number of hydrogen-bond acceptors (Lipinski definition) is 5. The van der Waals surface area contributed by atoms with Gasteiger partial charge in [-0.05, 0) is 43.7 Å². The Hall–Kier alpha value is -2.10. The van der Waals surface area contributed by atoms with E-state index >= 15 is 0 Å². The van der Waals surface area contributed by atoms with Crippen molar-refractivity contribution in [2.45, 2.75) is 30.7 Å². The van der Waals surface area contributed by atoms with Crippen molar-refractivity contribution in [1.29, 1.82) is 0 Å². The van der Waals surface area contributed by atoms with Crippen LogP contribution in [0.1, 0.15) is 17.4 Å². The molecule has 0 amide bonds. The maximum Gasteiger partial charge on any atom is 0.252 e. The van der Waals surface area contributed by atoms with Crippen LogP contribution in [0.25, 0.3) is 0 Å². The molecule has 0 spiro atoms. The van der Waals surface area contributed by atoms with Gasteiger partial charge in [0.05, 0.1) is 13.1 Å². The van der Waals surface area contributed by atoms with E-state index < -0.39 is 10.0 Å². The monoisotopic (exact) mass is 424 g/mol. The summed E-state index contributed by atoms with van der Waals surface area (Å²) in [6, 6.07) is 11.4. The van der Waals surface area contributed by atoms with Crippen LogP contribution in [0.3, 0.4) is 0 Å². The number of aliphatic imine (C=N–C) groups is 1. The van der Waals surface area contributed by atoms with Crippen molar-refractivity contribution < 1.29 is 13.2 Å². The van der Waals surface area contributed by atoms with E-state index in [9.17, 15) is 8.42 Å². The van der Waals surface area contributed by atoms with Crippen LogP contribution < -0.4 is 15.4 Å². The molecule has 1 atom stereocenters. The predicted molar refractivity (Wildman–Crippen MR) is 115 cm³/mol. The number of nitrogens with zero attached hydrogens (tertiary/aromatic N) is 2. The number of guanidine groups is 1. The summed E-state index contributed by atoms with van der Waals surface area (Å²) in [7, 11) is 1.35. The summed E-state index contributed by atoms with van der Waals surface area (Å²) in [6.45, 7) is 5.08. The van der Waals surface area contributed by atoms with E-state index in [0.29, 0.717) is 23.3 Å². The van der Waals surface area contributed by atoms with Gasteiger partial charge in [0.1, 0.15) is 16.1 Å². The fourth-order valence-electron chi connectivity index (χ4n) is 2.37. The van der Waals surface area contributed by atoms with Gasteiger partial charge in [0.25, 0.3) is 10.0 Å². The number of ether oxygens (including phenoxy) is 1. The molecule has 0 radical (unpaired) electrons. The lowest BCUT2D eigenvalue weighted by molar-refractivity contribution is 0.223. The van der Waals surface area contributed by atoms with Crippen LogP contribution in [0, 0.1) is 6.92 Å². The Morgan fingerprint density at radius 3 is 2.64 bits per heavy atom. The van der Waals surface area contributed by atoms with Gasteiger partial charge in [0, 0.05) is 26.0 Å². The fraction of sp³-hybridized carbons (Fsp3) is 0.421.